The molecule has 0 N–H and O–H groups in total. The molecule has 0 nitrogen and oxygen atoms in total. The lowest BCUT2D eigenvalue weighted by atomic mass is 9.98. The van der Waals surface area contributed by atoms with Gasteiger partial charge in [0, 0.05) is 11.3 Å². The van der Waals surface area contributed by atoms with Gasteiger partial charge in [0.2, 0.25) is 0 Å². The highest BCUT2D eigenvalue weighted by Gasteiger charge is 2.41. The smallest absolute Gasteiger partial charge is 0.0273 e. The lowest BCUT2D eigenvalue weighted by Crippen LogP contribution is -2.32. The van der Waals surface area contributed by atoms with Crippen LogP contribution in [0.25, 0.3) is 0 Å². The summed E-state index contributed by atoms with van der Waals surface area (Å²) in [6.45, 7) is 0. The van der Waals surface area contributed by atoms with Crippen molar-refractivity contribution < 1.29 is 0 Å². The van der Waals surface area contributed by atoms with E-state index in [1.807, 2.05) is 5.57 Å². The third kappa shape index (κ3) is 6.61. The summed E-state index contributed by atoms with van der Waals surface area (Å²) >= 11 is 0. The Morgan fingerprint density at radius 2 is 1.15 bits per heavy atom. The maximum atomic E-state index is 2.61. The minimum Gasteiger partial charge on any atom is -0.0929 e. The minimum absolute atomic E-state index is 0.0270. The highest BCUT2D eigenvalue weighted by molar-refractivity contribution is 7.74. The SMILES string of the molecule is C1=CC(CCC(C2=CC=CC2P(c2ccccc2)c2ccccc2)P(C2CCCCC2)C2CCCCC2)C=C1. The first-order valence-corrected chi connectivity index (χ1v) is 18.7. The van der Waals surface area contributed by atoms with Crippen LogP contribution in [0.1, 0.15) is 77.0 Å². The number of benzene rings is 2. The van der Waals surface area contributed by atoms with Gasteiger partial charge in [0.05, 0.1) is 0 Å². The molecule has 2 aromatic carbocycles. The molecule has 2 unspecified atom stereocenters. The third-order valence-corrected chi connectivity index (χ3v) is 16.3. The predicted octanol–water partition coefficient (Wildman–Crippen LogP) is 10.0. The summed E-state index contributed by atoms with van der Waals surface area (Å²) in [4.78, 5) is 0. The van der Waals surface area contributed by atoms with Gasteiger partial charge in [0.25, 0.3) is 0 Å². The molecule has 0 aliphatic heterocycles. The van der Waals surface area contributed by atoms with Crippen LogP contribution < -0.4 is 10.6 Å². The molecule has 2 fully saturated rings. The van der Waals surface area contributed by atoms with E-state index in [-0.39, 0.29) is 7.92 Å². The van der Waals surface area contributed by atoms with Crippen molar-refractivity contribution in [1.29, 1.82) is 0 Å². The van der Waals surface area contributed by atoms with Crippen molar-refractivity contribution in [2.45, 2.75) is 99.7 Å². The molecule has 0 radical (unpaired) electrons. The zero-order valence-electron chi connectivity index (χ0n) is 23.6. The van der Waals surface area contributed by atoms with Crippen LogP contribution in [-0.2, 0) is 0 Å². The van der Waals surface area contributed by atoms with E-state index in [9.17, 15) is 0 Å². The Bertz CT molecular complexity index is 1080. The van der Waals surface area contributed by atoms with Gasteiger partial charge in [-0.1, -0.05) is 155 Å². The van der Waals surface area contributed by atoms with E-state index >= 15 is 0 Å². The first-order valence-electron chi connectivity index (χ1n) is 15.8. The Morgan fingerprint density at radius 1 is 0.615 bits per heavy atom. The lowest BCUT2D eigenvalue weighted by molar-refractivity contribution is 0.479. The monoisotopic (exact) mass is 552 g/mol. The molecule has 6 rings (SSSR count). The van der Waals surface area contributed by atoms with E-state index in [1.165, 1.54) is 87.7 Å². The molecule has 0 amide bonds. The Labute approximate surface area is 240 Å². The van der Waals surface area contributed by atoms with Crippen LogP contribution in [0.2, 0.25) is 0 Å². The van der Waals surface area contributed by atoms with Gasteiger partial charge in [0.1, 0.15) is 0 Å². The molecule has 39 heavy (non-hydrogen) atoms. The summed E-state index contributed by atoms with van der Waals surface area (Å²) in [5.41, 5.74) is 5.08. The molecule has 0 heterocycles. The summed E-state index contributed by atoms with van der Waals surface area (Å²) < 4.78 is 0. The van der Waals surface area contributed by atoms with Crippen LogP contribution in [0.4, 0.5) is 0 Å². The molecule has 0 saturated heterocycles. The van der Waals surface area contributed by atoms with Gasteiger partial charge in [-0.15, -0.1) is 0 Å². The van der Waals surface area contributed by atoms with Gasteiger partial charge in [-0.25, -0.2) is 0 Å². The largest absolute Gasteiger partial charge is 0.0929 e. The van der Waals surface area contributed by atoms with Crippen molar-refractivity contribution in [2.24, 2.45) is 5.92 Å². The standard InChI is InChI=1S/C37H46P2/c1-5-18-31(19-6-1)38(32-20-7-2-8-21-32)36-27-15-26-35(36)37(29-28-30-16-13-14-17-30)39(33-22-9-3-10-23-33)34-24-11-4-12-25-34/h1-2,5-8,13-21,26-27,30,33-34,36-37H,3-4,9-12,22-25,28-29H2. The second kappa shape index (κ2) is 13.7. The molecule has 2 saturated carbocycles. The molecule has 4 aliphatic rings. The van der Waals surface area contributed by atoms with Crippen LogP contribution in [0.15, 0.2) is 109 Å². The van der Waals surface area contributed by atoms with Crippen molar-refractivity contribution in [3.63, 3.8) is 0 Å². The quantitative estimate of drug-likeness (QED) is 0.257. The normalized spacial score (nSPS) is 23.2. The molecule has 4 aliphatic carbocycles. The number of allylic oxidation sites excluding steroid dienone is 8. The van der Waals surface area contributed by atoms with Crippen LogP contribution >= 0.6 is 15.8 Å². The van der Waals surface area contributed by atoms with Gasteiger partial charge in [-0.3, -0.25) is 0 Å². The average molecular weight is 553 g/mol. The van der Waals surface area contributed by atoms with Crippen molar-refractivity contribution in [3.05, 3.63) is 109 Å². The van der Waals surface area contributed by atoms with Crippen LogP contribution in [0, 0.1) is 5.92 Å². The van der Waals surface area contributed by atoms with Crippen LogP contribution in [0.3, 0.4) is 0 Å². The van der Waals surface area contributed by atoms with E-state index in [1.54, 1.807) is 0 Å². The van der Waals surface area contributed by atoms with E-state index < -0.39 is 7.92 Å². The predicted molar refractivity (Wildman–Crippen MR) is 176 cm³/mol. The molecule has 2 atom stereocenters. The van der Waals surface area contributed by atoms with Crippen LogP contribution in [0.5, 0.6) is 0 Å². The molecule has 0 aromatic heterocycles. The topological polar surface area (TPSA) is 0 Å². The molecular formula is C37H46P2. The summed E-state index contributed by atoms with van der Waals surface area (Å²) in [7, 11) is -0.504. The molecule has 0 bridgehead atoms. The first kappa shape index (κ1) is 27.4. The van der Waals surface area contributed by atoms with Crippen molar-refractivity contribution in [1.82, 2.24) is 0 Å². The Hall–Kier alpha value is -1.74. The van der Waals surface area contributed by atoms with E-state index in [2.05, 4.69) is 103 Å². The third-order valence-electron chi connectivity index (χ3n) is 9.61. The Kier molecular flexibility index (Phi) is 9.67. The van der Waals surface area contributed by atoms with E-state index in [4.69, 9.17) is 0 Å². The maximum absolute atomic E-state index is 2.61. The summed E-state index contributed by atoms with van der Waals surface area (Å²) in [6, 6.07) is 23.0. The van der Waals surface area contributed by atoms with Crippen molar-refractivity contribution in [2.75, 3.05) is 0 Å². The second-order valence-electron chi connectivity index (χ2n) is 12.1. The van der Waals surface area contributed by atoms with E-state index in [0.717, 1.165) is 17.0 Å². The highest BCUT2D eigenvalue weighted by Crippen LogP contribution is 2.64. The molecular weight excluding hydrogens is 506 g/mol. The summed E-state index contributed by atoms with van der Waals surface area (Å²) in [5.74, 6) is 0.639. The summed E-state index contributed by atoms with van der Waals surface area (Å²) in [6.07, 6.45) is 34.6. The molecule has 2 heteroatoms. The van der Waals surface area contributed by atoms with Crippen LogP contribution in [-0.4, -0.2) is 22.6 Å². The zero-order chi connectivity index (χ0) is 26.3. The zero-order valence-corrected chi connectivity index (χ0v) is 25.4. The average Bonchev–Trinajstić information content (AvgIpc) is 3.71. The number of rotatable bonds is 10. The fourth-order valence-electron chi connectivity index (χ4n) is 7.75. The Morgan fingerprint density at radius 3 is 1.69 bits per heavy atom. The second-order valence-corrected chi connectivity index (χ2v) is 17.4. The van der Waals surface area contributed by atoms with Gasteiger partial charge >= 0.3 is 0 Å². The fourth-order valence-corrected chi connectivity index (χ4v) is 15.2. The summed E-state index contributed by atoms with van der Waals surface area (Å²) in [5, 5.41) is 3.06. The van der Waals surface area contributed by atoms with Gasteiger partial charge in [-0.05, 0) is 74.3 Å². The van der Waals surface area contributed by atoms with E-state index in [0.29, 0.717) is 11.6 Å². The van der Waals surface area contributed by atoms with Gasteiger partial charge in [-0.2, -0.15) is 0 Å². The maximum Gasteiger partial charge on any atom is 0.0273 e. The van der Waals surface area contributed by atoms with Crippen molar-refractivity contribution >= 4 is 26.5 Å². The molecule has 0 spiro atoms. The number of hydrogen-bond donors (Lipinski definition) is 0. The molecule has 204 valence electrons. The minimum atomic E-state index is -0.477. The molecule has 2 aromatic rings. The number of hydrogen-bond acceptors (Lipinski definition) is 0. The fraction of sp³-hybridized carbons (Fsp3) is 0.459. The van der Waals surface area contributed by atoms with Gasteiger partial charge < -0.3 is 0 Å². The first-order chi connectivity index (χ1) is 19.4. The highest BCUT2D eigenvalue weighted by atomic mass is 31.1. The van der Waals surface area contributed by atoms with Gasteiger partial charge in [0.15, 0.2) is 0 Å². The lowest BCUT2D eigenvalue weighted by Gasteiger charge is -2.45. The Balaban J connectivity index is 1.38. The van der Waals surface area contributed by atoms with Crippen molar-refractivity contribution in [3.8, 4) is 0 Å².